The van der Waals surface area contributed by atoms with Crippen molar-refractivity contribution in [3.05, 3.63) is 6.10 Å². The van der Waals surface area contributed by atoms with Gasteiger partial charge in [-0.25, -0.2) is 0 Å². The molecule has 1 aliphatic rings. The summed E-state index contributed by atoms with van der Waals surface area (Å²) in [7, 11) is 0. The fourth-order valence-corrected chi connectivity index (χ4v) is 1.73. The van der Waals surface area contributed by atoms with Crippen molar-refractivity contribution in [2.45, 2.75) is 64.9 Å². The molecule has 0 bridgehead atoms. The summed E-state index contributed by atoms with van der Waals surface area (Å²) in [5.41, 5.74) is 0. The Hall–Kier alpha value is -0.0400. The highest BCUT2D eigenvalue weighted by atomic mass is 16.5. The van der Waals surface area contributed by atoms with E-state index in [4.69, 9.17) is 4.74 Å². The molecule has 71 valence electrons. The Morgan fingerprint density at radius 1 is 1.17 bits per heavy atom. The average molecular weight is 169 g/mol. The zero-order valence-electron chi connectivity index (χ0n) is 8.44. The van der Waals surface area contributed by atoms with Gasteiger partial charge in [0.05, 0.1) is 12.2 Å². The van der Waals surface area contributed by atoms with Crippen LogP contribution in [-0.4, -0.2) is 6.10 Å². The predicted molar refractivity (Wildman–Crippen MR) is 51.8 cm³/mol. The smallest absolute Gasteiger partial charge is 0.0941 e. The molecule has 1 heteroatoms. The first kappa shape index (κ1) is 10.0. The molecule has 1 rings (SSSR count). The van der Waals surface area contributed by atoms with Gasteiger partial charge in [-0.15, -0.1) is 0 Å². The lowest BCUT2D eigenvalue weighted by molar-refractivity contribution is 0.0527. The zero-order valence-corrected chi connectivity index (χ0v) is 8.44. The summed E-state index contributed by atoms with van der Waals surface area (Å²) >= 11 is 0. The number of rotatable bonds is 3. The highest BCUT2D eigenvalue weighted by Gasteiger charge is 2.14. The van der Waals surface area contributed by atoms with Crippen molar-refractivity contribution in [1.82, 2.24) is 0 Å². The van der Waals surface area contributed by atoms with E-state index in [2.05, 4.69) is 13.8 Å². The lowest BCUT2D eigenvalue weighted by atomic mass is 10.1. The molecule has 0 heterocycles. The molecule has 0 aromatic rings. The summed E-state index contributed by atoms with van der Waals surface area (Å²) in [6.45, 7) is 4.26. The molecular weight excluding hydrogens is 148 g/mol. The molecule has 0 unspecified atom stereocenters. The Morgan fingerprint density at radius 3 is 2.25 bits per heavy atom. The van der Waals surface area contributed by atoms with Crippen molar-refractivity contribution in [2.24, 2.45) is 0 Å². The van der Waals surface area contributed by atoms with Crippen LogP contribution in [0.5, 0.6) is 0 Å². The second-order valence-corrected chi connectivity index (χ2v) is 3.79. The third-order valence-corrected chi connectivity index (χ3v) is 2.67. The van der Waals surface area contributed by atoms with Crippen molar-refractivity contribution in [3.8, 4) is 0 Å². The maximum Gasteiger partial charge on any atom is 0.0941 e. The maximum atomic E-state index is 5.84. The molecule has 1 saturated carbocycles. The maximum absolute atomic E-state index is 5.84. The highest BCUT2D eigenvalue weighted by molar-refractivity contribution is 4.73. The molecule has 0 amide bonds. The number of hydrogen-bond acceptors (Lipinski definition) is 1. The van der Waals surface area contributed by atoms with Gasteiger partial charge in [0, 0.05) is 0 Å². The molecule has 0 spiro atoms. The summed E-state index contributed by atoms with van der Waals surface area (Å²) in [6.07, 6.45) is 10.9. The van der Waals surface area contributed by atoms with Crippen LogP contribution in [0.3, 0.4) is 0 Å². The van der Waals surface area contributed by atoms with Gasteiger partial charge in [-0.1, -0.05) is 32.6 Å². The van der Waals surface area contributed by atoms with Crippen molar-refractivity contribution >= 4 is 0 Å². The highest BCUT2D eigenvalue weighted by Crippen LogP contribution is 2.23. The van der Waals surface area contributed by atoms with E-state index < -0.39 is 0 Å². The third-order valence-electron chi connectivity index (χ3n) is 2.67. The number of hydrogen-bond donors (Lipinski definition) is 0. The van der Waals surface area contributed by atoms with E-state index in [1.165, 1.54) is 44.6 Å². The quantitative estimate of drug-likeness (QED) is 0.585. The topological polar surface area (TPSA) is 9.23 Å². The lowest BCUT2D eigenvalue weighted by Gasteiger charge is -2.18. The lowest BCUT2D eigenvalue weighted by Crippen LogP contribution is -2.13. The predicted octanol–water partition coefficient (Wildman–Crippen LogP) is 3.69. The zero-order chi connectivity index (χ0) is 8.81. The van der Waals surface area contributed by atoms with Gasteiger partial charge in [-0.3, -0.25) is 0 Å². The first-order valence-electron chi connectivity index (χ1n) is 5.32. The second kappa shape index (κ2) is 5.58. The van der Waals surface area contributed by atoms with Crippen molar-refractivity contribution in [2.75, 3.05) is 0 Å². The molecule has 0 aromatic heterocycles. The Morgan fingerprint density at radius 2 is 1.75 bits per heavy atom. The minimum Gasteiger partial charge on any atom is -0.369 e. The van der Waals surface area contributed by atoms with Crippen LogP contribution >= 0.6 is 0 Å². The van der Waals surface area contributed by atoms with Crippen LogP contribution in [0.25, 0.3) is 0 Å². The van der Waals surface area contributed by atoms with E-state index in [1.807, 2.05) is 0 Å². The van der Waals surface area contributed by atoms with E-state index >= 15 is 0 Å². The van der Waals surface area contributed by atoms with E-state index in [0.717, 1.165) is 6.42 Å². The molecule has 1 aliphatic carbocycles. The molecule has 0 N–H and O–H groups in total. The largest absolute Gasteiger partial charge is 0.369 e. The molecule has 0 aromatic carbocycles. The Labute approximate surface area is 76.5 Å². The molecular formula is C11H21O. The molecule has 0 saturated heterocycles. The van der Waals surface area contributed by atoms with Crippen molar-refractivity contribution < 1.29 is 4.74 Å². The SMILES string of the molecule is CC[C](C)OC1CCCCCC1. The second-order valence-electron chi connectivity index (χ2n) is 3.79. The normalized spacial score (nSPS) is 21.2. The van der Waals surface area contributed by atoms with E-state index in [1.54, 1.807) is 0 Å². The standard InChI is InChI=1S/C11H21O/c1-3-10(2)12-11-8-6-4-5-7-9-11/h11H,3-9H2,1-2H3. The van der Waals surface area contributed by atoms with E-state index in [0.29, 0.717) is 6.10 Å². The fraction of sp³-hybridized carbons (Fsp3) is 0.909. The van der Waals surface area contributed by atoms with Crippen LogP contribution in [0.4, 0.5) is 0 Å². The summed E-state index contributed by atoms with van der Waals surface area (Å²) in [4.78, 5) is 0. The summed E-state index contributed by atoms with van der Waals surface area (Å²) in [5.74, 6) is 0. The summed E-state index contributed by atoms with van der Waals surface area (Å²) in [5, 5.41) is 0. The Bertz CT molecular complexity index is 104. The number of ether oxygens (including phenoxy) is 1. The Balaban J connectivity index is 2.20. The van der Waals surface area contributed by atoms with E-state index in [9.17, 15) is 0 Å². The van der Waals surface area contributed by atoms with Crippen LogP contribution in [0, 0.1) is 6.10 Å². The van der Waals surface area contributed by atoms with Gasteiger partial charge in [-0.2, -0.15) is 0 Å². The van der Waals surface area contributed by atoms with Crippen LogP contribution < -0.4 is 0 Å². The van der Waals surface area contributed by atoms with Gasteiger partial charge in [0.2, 0.25) is 0 Å². The molecule has 1 nitrogen and oxygen atoms in total. The van der Waals surface area contributed by atoms with Crippen LogP contribution in [0.15, 0.2) is 0 Å². The minimum absolute atomic E-state index is 0.535. The van der Waals surface area contributed by atoms with Gasteiger partial charge in [0.1, 0.15) is 0 Å². The average Bonchev–Trinajstić information content (AvgIpc) is 2.33. The fourth-order valence-electron chi connectivity index (χ4n) is 1.73. The van der Waals surface area contributed by atoms with Gasteiger partial charge >= 0.3 is 0 Å². The van der Waals surface area contributed by atoms with Gasteiger partial charge in [0.15, 0.2) is 0 Å². The van der Waals surface area contributed by atoms with Gasteiger partial charge < -0.3 is 4.74 Å². The molecule has 0 atom stereocenters. The van der Waals surface area contributed by atoms with Gasteiger partial charge in [0.25, 0.3) is 0 Å². The molecule has 1 radical (unpaired) electrons. The summed E-state index contributed by atoms with van der Waals surface area (Å²) < 4.78 is 5.84. The Kier molecular flexibility index (Phi) is 4.67. The molecule has 1 fully saturated rings. The van der Waals surface area contributed by atoms with Crippen LogP contribution in [0.2, 0.25) is 0 Å². The van der Waals surface area contributed by atoms with Crippen molar-refractivity contribution in [3.63, 3.8) is 0 Å². The molecule has 0 aliphatic heterocycles. The third kappa shape index (κ3) is 3.57. The summed E-state index contributed by atoms with van der Waals surface area (Å²) in [6, 6.07) is 0. The van der Waals surface area contributed by atoms with Crippen molar-refractivity contribution in [1.29, 1.82) is 0 Å². The molecule has 12 heavy (non-hydrogen) atoms. The van der Waals surface area contributed by atoms with E-state index in [-0.39, 0.29) is 0 Å². The van der Waals surface area contributed by atoms with Crippen LogP contribution in [0.1, 0.15) is 58.8 Å². The minimum atomic E-state index is 0.535. The first-order valence-corrected chi connectivity index (χ1v) is 5.32. The monoisotopic (exact) mass is 169 g/mol. The van der Waals surface area contributed by atoms with Gasteiger partial charge in [-0.05, 0) is 26.2 Å². The first-order chi connectivity index (χ1) is 5.83. The van der Waals surface area contributed by atoms with Crippen LogP contribution in [-0.2, 0) is 4.74 Å².